The smallest absolute Gasteiger partial charge is 0.252 e. The van der Waals surface area contributed by atoms with Gasteiger partial charge in [-0.2, -0.15) is 0 Å². The first-order chi connectivity index (χ1) is 8.95. The predicted octanol–water partition coefficient (Wildman–Crippen LogP) is 1.10. The van der Waals surface area contributed by atoms with E-state index in [1.165, 1.54) is 12.3 Å². The van der Waals surface area contributed by atoms with Crippen molar-refractivity contribution in [2.75, 3.05) is 5.73 Å². The van der Waals surface area contributed by atoms with Crippen LogP contribution in [0.1, 0.15) is 37.0 Å². The molecule has 0 aromatic carbocycles. The number of amides is 1. The number of pyridine rings is 1. The maximum absolute atomic E-state index is 11.4. The molecule has 6 heteroatoms. The fourth-order valence-electron chi connectivity index (χ4n) is 2.37. The van der Waals surface area contributed by atoms with Crippen LogP contribution in [0.3, 0.4) is 0 Å². The van der Waals surface area contributed by atoms with Gasteiger partial charge in [0.05, 0.1) is 24.0 Å². The molecule has 19 heavy (non-hydrogen) atoms. The number of rotatable bonds is 3. The Labute approximate surface area is 112 Å². The first kappa shape index (κ1) is 13.6. The number of anilines is 1. The highest BCUT2D eigenvalue weighted by Crippen LogP contribution is 2.26. The van der Waals surface area contributed by atoms with Crippen molar-refractivity contribution in [2.24, 2.45) is 5.73 Å². The highest BCUT2D eigenvalue weighted by molar-refractivity contribution is 5.96. The van der Waals surface area contributed by atoms with Gasteiger partial charge in [-0.25, -0.2) is 4.98 Å². The minimum Gasteiger partial charge on any atom is -0.488 e. The molecule has 1 saturated heterocycles. The van der Waals surface area contributed by atoms with Crippen molar-refractivity contribution in [1.29, 1.82) is 0 Å². The molecule has 0 spiro atoms. The van der Waals surface area contributed by atoms with Gasteiger partial charge in [-0.1, -0.05) is 0 Å². The third kappa shape index (κ3) is 3.35. The Hall–Kier alpha value is -1.82. The van der Waals surface area contributed by atoms with E-state index in [1.807, 2.05) is 13.8 Å². The molecule has 0 radical (unpaired) electrons. The van der Waals surface area contributed by atoms with Gasteiger partial charge in [-0.3, -0.25) is 4.79 Å². The van der Waals surface area contributed by atoms with Crippen LogP contribution in [0.4, 0.5) is 5.82 Å². The number of carbonyl (C=O) groups is 1. The second-order valence-corrected chi connectivity index (χ2v) is 4.94. The lowest BCUT2D eigenvalue weighted by Gasteiger charge is -2.32. The molecule has 104 valence electrons. The van der Waals surface area contributed by atoms with Crippen LogP contribution in [0.5, 0.6) is 5.75 Å². The van der Waals surface area contributed by atoms with Crippen molar-refractivity contribution >= 4 is 11.7 Å². The summed E-state index contributed by atoms with van der Waals surface area (Å²) < 4.78 is 11.5. The highest BCUT2D eigenvalue weighted by atomic mass is 16.5. The van der Waals surface area contributed by atoms with Crippen LogP contribution in [0.15, 0.2) is 12.3 Å². The Bertz CT molecular complexity index is 468. The Balaban J connectivity index is 2.16. The number of carbonyl (C=O) groups excluding carboxylic acids is 1. The Kier molecular flexibility index (Phi) is 3.90. The quantitative estimate of drug-likeness (QED) is 0.852. The van der Waals surface area contributed by atoms with Gasteiger partial charge in [0.1, 0.15) is 11.9 Å². The lowest BCUT2D eigenvalue weighted by Crippen LogP contribution is -2.36. The van der Waals surface area contributed by atoms with E-state index in [4.69, 9.17) is 20.9 Å². The summed E-state index contributed by atoms with van der Waals surface area (Å²) in [6.45, 7) is 4.00. The maximum Gasteiger partial charge on any atom is 0.252 e. The molecule has 1 aliphatic rings. The molecule has 2 atom stereocenters. The first-order valence-electron chi connectivity index (χ1n) is 6.33. The molecule has 1 aliphatic heterocycles. The van der Waals surface area contributed by atoms with Gasteiger partial charge < -0.3 is 20.9 Å². The number of nitrogens with two attached hydrogens (primary N) is 2. The van der Waals surface area contributed by atoms with Crippen molar-refractivity contribution in [2.45, 2.75) is 45.0 Å². The summed E-state index contributed by atoms with van der Waals surface area (Å²) in [5.74, 6) is 0.0557. The minimum atomic E-state index is -0.572. The Morgan fingerprint density at radius 3 is 2.63 bits per heavy atom. The zero-order valence-electron chi connectivity index (χ0n) is 11.1. The summed E-state index contributed by atoms with van der Waals surface area (Å²) >= 11 is 0. The van der Waals surface area contributed by atoms with Gasteiger partial charge in [-0.15, -0.1) is 0 Å². The molecular formula is C13H19N3O3. The van der Waals surface area contributed by atoms with Crippen molar-refractivity contribution < 1.29 is 14.3 Å². The van der Waals surface area contributed by atoms with E-state index in [1.54, 1.807) is 0 Å². The average Bonchev–Trinajstić information content (AvgIpc) is 2.30. The number of nitrogen functional groups attached to an aromatic ring is 1. The van der Waals surface area contributed by atoms with Gasteiger partial charge in [0.15, 0.2) is 5.75 Å². The van der Waals surface area contributed by atoms with E-state index in [0.29, 0.717) is 5.75 Å². The van der Waals surface area contributed by atoms with Crippen molar-refractivity contribution in [3.05, 3.63) is 17.8 Å². The maximum atomic E-state index is 11.4. The molecule has 1 aromatic heterocycles. The average molecular weight is 265 g/mol. The van der Waals surface area contributed by atoms with E-state index < -0.39 is 5.91 Å². The summed E-state index contributed by atoms with van der Waals surface area (Å²) in [4.78, 5) is 15.3. The number of ether oxygens (including phenoxy) is 2. The lowest BCUT2D eigenvalue weighted by molar-refractivity contribution is -0.0722. The summed E-state index contributed by atoms with van der Waals surface area (Å²) in [7, 11) is 0. The summed E-state index contributed by atoms with van der Waals surface area (Å²) in [5.41, 5.74) is 11.1. The second-order valence-electron chi connectivity index (χ2n) is 4.94. The topological polar surface area (TPSA) is 100 Å². The van der Waals surface area contributed by atoms with Crippen molar-refractivity contribution in [1.82, 2.24) is 4.98 Å². The monoisotopic (exact) mass is 265 g/mol. The second kappa shape index (κ2) is 5.44. The first-order valence-corrected chi connectivity index (χ1v) is 6.33. The van der Waals surface area contributed by atoms with Crippen molar-refractivity contribution in [3.63, 3.8) is 0 Å². The van der Waals surface area contributed by atoms with E-state index in [0.717, 1.165) is 12.8 Å². The molecule has 1 amide bonds. The van der Waals surface area contributed by atoms with Gasteiger partial charge in [0, 0.05) is 12.8 Å². The normalized spacial score (nSPS) is 26.9. The molecular weight excluding hydrogens is 246 g/mol. The molecule has 2 heterocycles. The van der Waals surface area contributed by atoms with Crippen molar-refractivity contribution in [3.8, 4) is 5.75 Å². The SMILES string of the molecule is CC1CC(Oc2cnc(N)cc2C(N)=O)CC(C)O1. The van der Waals surface area contributed by atoms with E-state index in [2.05, 4.69) is 4.98 Å². The molecule has 2 rings (SSSR count). The summed E-state index contributed by atoms with van der Waals surface area (Å²) in [6.07, 6.45) is 3.24. The fourth-order valence-corrected chi connectivity index (χ4v) is 2.37. The van der Waals surface area contributed by atoms with Crippen LogP contribution in [0, 0.1) is 0 Å². The van der Waals surface area contributed by atoms with Crippen LogP contribution in [-0.4, -0.2) is 29.2 Å². The van der Waals surface area contributed by atoms with Gasteiger partial charge >= 0.3 is 0 Å². The van der Waals surface area contributed by atoms with Crippen LogP contribution in [0.25, 0.3) is 0 Å². The third-order valence-electron chi connectivity index (χ3n) is 3.10. The summed E-state index contributed by atoms with van der Waals surface area (Å²) in [5, 5.41) is 0. The van der Waals surface area contributed by atoms with Gasteiger partial charge in [0.25, 0.3) is 5.91 Å². The van der Waals surface area contributed by atoms with E-state index >= 15 is 0 Å². The predicted molar refractivity (Wildman–Crippen MR) is 70.8 cm³/mol. The fraction of sp³-hybridized carbons (Fsp3) is 0.538. The third-order valence-corrected chi connectivity index (χ3v) is 3.10. The molecule has 4 N–H and O–H groups in total. The number of primary amides is 1. The zero-order chi connectivity index (χ0) is 14.0. The Morgan fingerprint density at radius 1 is 1.42 bits per heavy atom. The van der Waals surface area contributed by atoms with Crippen LogP contribution in [0.2, 0.25) is 0 Å². The number of hydrogen-bond donors (Lipinski definition) is 2. The molecule has 0 saturated carbocycles. The van der Waals surface area contributed by atoms with Crippen LogP contribution in [-0.2, 0) is 4.74 Å². The minimum absolute atomic E-state index is 0.0118. The standard InChI is InChI=1S/C13H19N3O3/c1-7-3-9(4-8(2)18-7)19-11-6-16-12(14)5-10(11)13(15)17/h5-9H,3-4H2,1-2H3,(H2,14,16)(H2,15,17). The molecule has 6 nitrogen and oxygen atoms in total. The number of nitrogens with zero attached hydrogens (tertiary/aromatic N) is 1. The van der Waals surface area contributed by atoms with Gasteiger partial charge in [0.2, 0.25) is 0 Å². The van der Waals surface area contributed by atoms with E-state index in [-0.39, 0.29) is 29.7 Å². The molecule has 1 fully saturated rings. The highest BCUT2D eigenvalue weighted by Gasteiger charge is 2.27. The van der Waals surface area contributed by atoms with Crippen LogP contribution < -0.4 is 16.2 Å². The molecule has 1 aromatic rings. The summed E-state index contributed by atoms with van der Waals surface area (Å²) in [6, 6.07) is 1.43. The largest absolute Gasteiger partial charge is 0.488 e. The number of hydrogen-bond acceptors (Lipinski definition) is 5. The van der Waals surface area contributed by atoms with E-state index in [9.17, 15) is 4.79 Å². The molecule has 0 bridgehead atoms. The van der Waals surface area contributed by atoms with Gasteiger partial charge in [-0.05, 0) is 19.9 Å². The number of aromatic nitrogens is 1. The van der Waals surface area contributed by atoms with Crippen LogP contribution >= 0.6 is 0 Å². The zero-order valence-corrected chi connectivity index (χ0v) is 11.1. The lowest BCUT2D eigenvalue weighted by atomic mass is 10.0. The Morgan fingerprint density at radius 2 is 2.05 bits per heavy atom. The molecule has 2 unspecified atom stereocenters. The molecule has 0 aliphatic carbocycles.